The van der Waals surface area contributed by atoms with Crippen molar-refractivity contribution in [3.05, 3.63) is 23.2 Å². The summed E-state index contributed by atoms with van der Waals surface area (Å²) in [6, 6.07) is 5.18. The second-order valence-electron chi connectivity index (χ2n) is 6.42. The summed E-state index contributed by atoms with van der Waals surface area (Å²) < 4.78 is 11.1. The van der Waals surface area contributed by atoms with Crippen LogP contribution in [-0.4, -0.2) is 30.4 Å². The first kappa shape index (κ1) is 15.9. The average Bonchev–Trinajstić information content (AvgIpc) is 2.28. The van der Waals surface area contributed by atoms with Crippen LogP contribution < -0.4 is 15.4 Å². The Morgan fingerprint density at radius 2 is 2.05 bits per heavy atom. The van der Waals surface area contributed by atoms with E-state index in [0.717, 1.165) is 13.1 Å². The lowest BCUT2D eigenvalue weighted by Crippen LogP contribution is -2.61. The van der Waals surface area contributed by atoms with E-state index >= 15 is 0 Å². The van der Waals surface area contributed by atoms with Crippen LogP contribution in [-0.2, 0) is 4.74 Å². The summed E-state index contributed by atoms with van der Waals surface area (Å²) in [4.78, 5) is 11.7. The molecule has 0 aliphatic carbocycles. The normalized spacial score (nSPS) is 16.8. The van der Waals surface area contributed by atoms with E-state index in [1.54, 1.807) is 39.0 Å². The lowest BCUT2D eigenvalue weighted by Gasteiger charge is -2.39. The third-order valence-electron chi connectivity index (χ3n) is 2.94. The summed E-state index contributed by atoms with van der Waals surface area (Å²) in [5.41, 5.74) is -0.246. The molecule has 2 rings (SSSR count). The van der Waals surface area contributed by atoms with Gasteiger partial charge in [-0.2, -0.15) is 0 Å². The zero-order chi connectivity index (χ0) is 15.7. The molecule has 0 saturated carbocycles. The highest BCUT2D eigenvalue weighted by atomic mass is 35.5. The van der Waals surface area contributed by atoms with Gasteiger partial charge >= 0.3 is 6.09 Å². The maximum atomic E-state index is 11.7. The molecule has 116 valence electrons. The zero-order valence-electron chi connectivity index (χ0n) is 12.7. The molecular weight excluding hydrogens is 292 g/mol. The second kappa shape index (κ2) is 5.73. The van der Waals surface area contributed by atoms with Gasteiger partial charge in [0.05, 0.1) is 10.7 Å². The molecule has 1 heterocycles. The summed E-state index contributed by atoms with van der Waals surface area (Å²) in [5.74, 6) is 0.679. The number of anilines is 1. The first-order valence-electron chi connectivity index (χ1n) is 6.86. The molecule has 0 unspecified atom stereocenters. The quantitative estimate of drug-likeness (QED) is 0.897. The smallest absolute Gasteiger partial charge is 0.412 e. The first-order valence-corrected chi connectivity index (χ1v) is 7.24. The Morgan fingerprint density at radius 1 is 1.38 bits per heavy atom. The second-order valence-corrected chi connectivity index (χ2v) is 6.83. The monoisotopic (exact) mass is 312 g/mol. The third-order valence-corrected chi connectivity index (χ3v) is 3.25. The average molecular weight is 313 g/mol. The van der Waals surface area contributed by atoms with E-state index in [9.17, 15) is 4.79 Å². The number of hydrogen-bond acceptors (Lipinski definition) is 4. The molecule has 0 bridgehead atoms. The van der Waals surface area contributed by atoms with Crippen molar-refractivity contribution in [3.8, 4) is 5.75 Å². The van der Waals surface area contributed by atoms with Crippen molar-refractivity contribution < 1.29 is 14.3 Å². The minimum Gasteiger partial charge on any atom is -0.485 e. The van der Waals surface area contributed by atoms with E-state index in [0.29, 0.717) is 16.5 Å². The van der Waals surface area contributed by atoms with Gasteiger partial charge in [0.1, 0.15) is 17.0 Å². The van der Waals surface area contributed by atoms with Crippen LogP contribution in [0.2, 0.25) is 5.02 Å². The molecule has 6 heteroatoms. The Hall–Kier alpha value is -1.46. The van der Waals surface area contributed by atoms with Crippen molar-refractivity contribution in [2.45, 2.75) is 38.9 Å². The van der Waals surface area contributed by atoms with E-state index < -0.39 is 11.7 Å². The van der Waals surface area contributed by atoms with E-state index in [2.05, 4.69) is 10.6 Å². The highest BCUT2D eigenvalue weighted by Gasteiger charge is 2.33. The van der Waals surface area contributed by atoms with Crippen LogP contribution in [0.3, 0.4) is 0 Å². The molecule has 1 fully saturated rings. The number of carbonyl (C=O) groups excluding carboxylic acids is 1. The number of amides is 1. The maximum absolute atomic E-state index is 11.7. The number of ether oxygens (including phenoxy) is 2. The molecule has 5 nitrogen and oxygen atoms in total. The van der Waals surface area contributed by atoms with E-state index in [-0.39, 0.29) is 5.60 Å². The van der Waals surface area contributed by atoms with Crippen molar-refractivity contribution in [1.82, 2.24) is 5.32 Å². The molecular formula is C15H21ClN2O3. The summed E-state index contributed by atoms with van der Waals surface area (Å²) in [7, 11) is 0. The van der Waals surface area contributed by atoms with Gasteiger partial charge in [-0.05, 0) is 39.8 Å². The number of benzene rings is 1. The molecule has 1 aliphatic rings. The van der Waals surface area contributed by atoms with Gasteiger partial charge in [0.25, 0.3) is 0 Å². The Balaban J connectivity index is 2.00. The minimum absolute atomic E-state index is 0.191. The zero-order valence-corrected chi connectivity index (χ0v) is 13.5. The largest absolute Gasteiger partial charge is 0.485 e. The molecule has 1 aromatic rings. The molecule has 1 aliphatic heterocycles. The summed E-state index contributed by atoms with van der Waals surface area (Å²) in [5, 5.41) is 6.20. The molecule has 1 saturated heterocycles. The summed E-state index contributed by atoms with van der Waals surface area (Å²) >= 11 is 6.17. The summed E-state index contributed by atoms with van der Waals surface area (Å²) in [6.07, 6.45) is -0.534. The molecule has 1 amide bonds. The van der Waals surface area contributed by atoms with Crippen LogP contribution in [0.1, 0.15) is 27.7 Å². The van der Waals surface area contributed by atoms with Crippen molar-refractivity contribution in [2.75, 3.05) is 18.4 Å². The Bertz CT molecular complexity index is 536. The fourth-order valence-corrected chi connectivity index (χ4v) is 2.13. The minimum atomic E-state index is -0.550. The Kier molecular flexibility index (Phi) is 4.35. The fraction of sp³-hybridized carbons (Fsp3) is 0.533. The van der Waals surface area contributed by atoms with E-state index in [4.69, 9.17) is 21.1 Å². The van der Waals surface area contributed by atoms with Crippen LogP contribution in [0.15, 0.2) is 18.2 Å². The number of halogens is 1. The molecule has 0 aromatic heterocycles. The van der Waals surface area contributed by atoms with Crippen molar-refractivity contribution >= 4 is 23.4 Å². The van der Waals surface area contributed by atoms with Crippen molar-refractivity contribution in [2.24, 2.45) is 0 Å². The third kappa shape index (κ3) is 4.51. The molecule has 0 atom stereocenters. The first-order chi connectivity index (χ1) is 9.67. The maximum Gasteiger partial charge on any atom is 0.412 e. The molecule has 1 aromatic carbocycles. The highest BCUT2D eigenvalue weighted by molar-refractivity contribution is 6.33. The predicted molar refractivity (Wildman–Crippen MR) is 83.2 cm³/mol. The van der Waals surface area contributed by atoms with Crippen molar-refractivity contribution in [1.29, 1.82) is 0 Å². The van der Waals surface area contributed by atoms with Crippen molar-refractivity contribution in [3.63, 3.8) is 0 Å². The number of nitrogens with one attached hydrogen (secondary N) is 2. The van der Waals surface area contributed by atoms with Crippen LogP contribution in [0.25, 0.3) is 0 Å². The fourth-order valence-electron chi connectivity index (χ4n) is 1.91. The summed E-state index contributed by atoms with van der Waals surface area (Å²) in [6.45, 7) is 9.06. The molecule has 21 heavy (non-hydrogen) atoms. The van der Waals surface area contributed by atoms with Gasteiger partial charge in [0, 0.05) is 19.2 Å². The number of hydrogen-bond donors (Lipinski definition) is 2. The molecule has 0 radical (unpaired) electrons. The van der Waals surface area contributed by atoms with Gasteiger partial charge in [-0.3, -0.25) is 5.32 Å². The lowest BCUT2D eigenvalue weighted by atomic mass is 10.00. The molecule has 0 spiro atoms. The van der Waals surface area contributed by atoms with Crippen LogP contribution in [0.4, 0.5) is 10.5 Å². The topological polar surface area (TPSA) is 59.6 Å². The van der Waals surface area contributed by atoms with E-state index in [1.807, 2.05) is 6.92 Å². The highest BCUT2D eigenvalue weighted by Crippen LogP contribution is 2.30. The van der Waals surface area contributed by atoms with Gasteiger partial charge < -0.3 is 14.8 Å². The number of rotatable bonds is 3. The lowest BCUT2D eigenvalue weighted by molar-refractivity contribution is 0.0349. The van der Waals surface area contributed by atoms with Crippen LogP contribution >= 0.6 is 11.6 Å². The van der Waals surface area contributed by atoms with Crippen LogP contribution in [0.5, 0.6) is 5.75 Å². The molecule has 2 N–H and O–H groups in total. The van der Waals surface area contributed by atoms with E-state index in [1.165, 1.54) is 0 Å². The Labute approximate surface area is 130 Å². The van der Waals surface area contributed by atoms with Gasteiger partial charge in [0.2, 0.25) is 0 Å². The van der Waals surface area contributed by atoms with Gasteiger partial charge in [-0.1, -0.05) is 11.6 Å². The predicted octanol–water partition coefficient (Wildman–Crippen LogP) is 3.43. The SMILES string of the molecule is CC(C)(C)OC(=O)Nc1ccc(OC2(C)CNC2)cc1Cl. The number of carbonyl (C=O) groups is 1. The van der Waals surface area contributed by atoms with Gasteiger partial charge in [0.15, 0.2) is 0 Å². The van der Waals surface area contributed by atoms with Crippen LogP contribution in [0, 0.1) is 0 Å². The Morgan fingerprint density at radius 3 is 2.52 bits per heavy atom. The van der Waals surface area contributed by atoms with Gasteiger partial charge in [-0.25, -0.2) is 4.79 Å². The van der Waals surface area contributed by atoms with Gasteiger partial charge in [-0.15, -0.1) is 0 Å². The standard InChI is InChI=1S/C15H21ClN2O3/c1-14(2,3)21-13(19)18-12-6-5-10(7-11(12)16)20-15(4)8-17-9-15/h5-7,17H,8-9H2,1-4H3,(H,18,19).